The number of ether oxygens (including phenoxy) is 3. The van der Waals surface area contributed by atoms with Crippen molar-refractivity contribution in [1.29, 1.82) is 0 Å². The van der Waals surface area contributed by atoms with Gasteiger partial charge in [-0.05, 0) is 19.1 Å². The maximum absolute atomic E-state index is 13.0. The molecule has 0 saturated carbocycles. The first kappa shape index (κ1) is 19.9. The van der Waals surface area contributed by atoms with Gasteiger partial charge in [0.2, 0.25) is 0 Å². The summed E-state index contributed by atoms with van der Waals surface area (Å²) in [4.78, 5) is 30.6. The molecule has 8 heteroatoms. The SMILES string of the molecule is CCOC(=O)c1csc(CN(CCOC)C(=O)c2ccccc2OC)n1. The van der Waals surface area contributed by atoms with E-state index in [2.05, 4.69) is 4.98 Å². The Labute approximate surface area is 156 Å². The highest BCUT2D eigenvalue weighted by atomic mass is 32.1. The predicted molar refractivity (Wildman–Crippen MR) is 97.7 cm³/mol. The van der Waals surface area contributed by atoms with Crippen LogP contribution in [0.25, 0.3) is 0 Å². The second-order valence-corrected chi connectivity index (χ2v) is 6.21. The second kappa shape index (κ2) is 9.88. The van der Waals surface area contributed by atoms with Crippen molar-refractivity contribution in [3.8, 4) is 5.75 Å². The van der Waals surface area contributed by atoms with E-state index in [4.69, 9.17) is 14.2 Å². The van der Waals surface area contributed by atoms with Crippen LogP contribution in [0.2, 0.25) is 0 Å². The monoisotopic (exact) mass is 378 g/mol. The number of methoxy groups -OCH3 is 2. The number of thiazole rings is 1. The molecule has 26 heavy (non-hydrogen) atoms. The fraction of sp³-hybridized carbons (Fsp3) is 0.389. The zero-order chi connectivity index (χ0) is 18.9. The van der Waals surface area contributed by atoms with E-state index in [1.54, 1.807) is 42.5 Å². The van der Waals surface area contributed by atoms with Crippen LogP contribution >= 0.6 is 11.3 Å². The van der Waals surface area contributed by atoms with Crippen molar-refractivity contribution in [1.82, 2.24) is 9.88 Å². The fourth-order valence-electron chi connectivity index (χ4n) is 2.29. The molecule has 0 aliphatic heterocycles. The standard InChI is InChI=1S/C18H22N2O5S/c1-4-25-18(22)14-12-26-16(19-14)11-20(9-10-23-2)17(21)13-7-5-6-8-15(13)24-3/h5-8,12H,4,9-11H2,1-3H3. The lowest BCUT2D eigenvalue weighted by Gasteiger charge is -2.22. The van der Waals surface area contributed by atoms with Crippen molar-refractivity contribution in [2.75, 3.05) is 34.0 Å². The highest BCUT2D eigenvalue weighted by Crippen LogP contribution is 2.21. The summed E-state index contributed by atoms with van der Waals surface area (Å²) in [7, 11) is 3.10. The third-order valence-electron chi connectivity index (χ3n) is 3.55. The highest BCUT2D eigenvalue weighted by Gasteiger charge is 2.21. The number of hydrogen-bond donors (Lipinski definition) is 0. The number of benzene rings is 1. The number of nitrogens with zero attached hydrogens (tertiary/aromatic N) is 2. The normalized spacial score (nSPS) is 10.4. The second-order valence-electron chi connectivity index (χ2n) is 5.27. The van der Waals surface area contributed by atoms with Crippen molar-refractivity contribution >= 4 is 23.2 Å². The van der Waals surface area contributed by atoms with E-state index < -0.39 is 5.97 Å². The van der Waals surface area contributed by atoms with Gasteiger partial charge in [-0.3, -0.25) is 4.79 Å². The van der Waals surface area contributed by atoms with Gasteiger partial charge in [-0.15, -0.1) is 11.3 Å². The molecule has 0 unspecified atom stereocenters. The number of rotatable bonds is 9. The van der Waals surface area contributed by atoms with Crippen molar-refractivity contribution in [3.05, 3.63) is 45.9 Å². The maximum Gasteiger partial charge on any atom is 0.357 e. The summed E-state index contributed by atoms with van der Waals surface area (Å²) in [5.74, 6) is -0.145. The molecule has 0 spiro atoms. The first-order valence-electron chi connectivity index (χ1n) is 8.13. The van der Waals surface area contributed by atoms with Crippen LogP contribution in [-0.2, 0) is 16.0 Å². The van der Waals surface area contributed by atoms with E-state index in [0.29, 0.717) is 29.5 Å². The first-order chi connectivity index (χ1) is 12.6. The van der Waals surface area contributed by atoms with Gasteiger partial charge in [0.25, 0.3) is 5.91 Å². The minimum absolute atomic E-state index is 0.188. The molecule has 0 saturated heterocycles. The molecule has 0 atom stereocenters. The van der Waals surface area contributed by atoms with E-state index in [1.807, 2.05) is 6.07 Å². The number of aromatic nitrogens is 1. The predicted octanol–water partition coefficient (Wildman–Crippen LogP) is 2.62. The summed E-state index contributed by atoms with van der Waals surface area (Å²) in [5, 5.41) is 2.28. The van der Waals surface area contributed by atoms with Gasteiger partial charge in [-0.1, -0.05) is 12.1 Å². The molecular formula is C18H22N2O5S. The summed E-state index contributed by atoms with van der Waals surface area (Å²) in [6, 6.07) is 7.05. The van der Waals surface area contributed by atoms with Crippen LogP contribution in [0.3, 0.4) is 0 Å². The lowest BCUT2D eigenvalue weighted by molar-refractivity contribution is 0.0520. The molecule has 0 bridgehead atoms. The van der Waals surface area contributed by atoms with Crippen molar-refractivity contribution in [2.24, 2.45) is 0 Å². The summed E-state index contributed by atoms with van der Waals surface area (Å²) < 4.78 is 15.3. The Hall–Kier alpha value is -2.45. The average molecular weight is 378 g/mol. The molecule has 140 valence electrons. The maximum atomic E-state index is 13.0. The number of hydrogen-bond acceptors (Lipinski definition) is 7. The third kappa shape index (κ3) is 5.03. The molecule has 1 heterocycles. The summed E-state index contributed by atoms with van der Waals surface area (Å²) in [6.45, 7) is 3.07. The Morgan fingerprint density at radius 3 is 2.69 bits per heavy atom. The van der Waals surface area contributed by atoms with Crippen LogP contribution in [0.5, 0.6) is 5.75 Å². The smallest absolute Gasteiger partial charge is 0.357 e. The van der Waals surface area contributed by atoms with Crippen molar-refractivity contribution in [3.63, 3.8) is 0 Å². The van der Waals surface area contributed by atoms with E-state index >= 15 is 0 Å². The number of carbonyl (C=O) groups excluding carboxylic acids is 2. The molecule has 1 aromatic heterocycles. The molecule has 1 aromatic carbocycles. The Balaban J connectivity index is 2.19. The van der Waals surface area contributed by atoms with E-state index in [1.165, 1.54) is 18.4 Å². The first-order valence-corrected chi connectivity index (χ1v) is 9.01. The summed E-state index contributed by atoms with van der Waals surface area (Å²) in [6.07, 6.45) is 0. The molecule has 0 N–H and O–H groups in total. The Kier molecular flexibility index (Phi) is 7.55. The van der Waals surface area contributed by atoms with Gasteiger partial charge in [0.1, 0.15) is 10.8 Å². The van der Waals surface area contributed by atoms with Crippen molar-refractivity contribution in [2.45, 2.75) is 13.5 Å². The number of amides is 1. The van der Waals surface area contributed by atoms with Crippen LogP contribution in [0.1, 0.15) is 32.8 Å². The van der Waals surface area contributed by atoms with Crippen molar-refractivity contribution < 1.29 is 23.8 Å². The number of carbonyl (C=O) groups is 2. The Bertz CT molecular complexity index is 747. The summed E-state index contributed by atoms with van der Waals surface area (Å²) in [5.41, 5.74) is 0.719. The van der Waals surface area contributed by atoms with Gasteiger partial charge in [0.15, 0.2) is 5.69 Å². The van der Waals surface area contributed by atoms with Crippen LogP contribution in [-0.4, -0.2) is 55.7 Å². The average Bonchev–Trinajstić information content (AvgIpc) is 3.13. The molecule has 0 aliphatic carbocycles. The third-order valence-corrected chi connectivity index (χ3v) is 4.39. The lowest BCUT2D eigenvalue weighted by atomic mass is 10.1. The van der Waals surface area contributed by atoms with Gasteiger partial charge in [0.05, 0.1) is 32.4 Å². The molecule has 0 aliphatic rings. The molecule has 2 rings (SSSR count). The highest BCUT2D eigenvalue weighted by molar-refractivity contribution is 7.09. The minimum Gasteiger partial charge on any atom is -0.496 e. The molecule has 2 aromatic rings. The lowest BCUT2D eigenvalue weighted by Crippen LogP contribution is -2.33. The van der Waals surface area contributed by atoms with Crippen LogP contribution in [0.15, 0.2) is 29.6 Å². The Morgan fingerprint density at radius 2 is 2.00 bits per heavy atom. The van der Waals surface area contributed by atoms with Crippen LogP contribution in [0.4, 0.5) is 0 Å². The van der Waals surface area contributed by atoms with Gasteiger partial charge in [0, 0.05) is 19.0 Å². The molecule has 0 radical (unpaired) electrons. The quantitative estimate of drug-likeness (QED) is 0.624. The fourth-order valence-corrected chi connectivity index (χ4v) is 3.07. The van der Waals surface area contributed by atoms with E-state index in [-0.39, 0.29) is 24.8 Å². The molecule has 7 nitrogen and oxygen atoms in total. The number of esters is 1. The summed E-state index contributed by atoms with van der Waals surface area (Å²) >= 11 is 1.31. The zero-order valence-electron chi connectivity index (χ0n) is 15.1. The Morgan fingerprint density at radius 1 is 1.23 bits per heavy atom. The van der Waals surface area contributed by atoms with Gasteiger partial charge in [-0.2, -0.15) is 0 Å². The largest absolute Gasteiger partial charge is 0.496 e. The van der Waals surface area contributed by atoms with Crippen LogP contribution in [0, 0.1) is 0 Å². The van der Waals surface area contributed by atoms with Gasteiger partial charge < -0.3 is 19.1 Å². The number of para-hydroxylation sites is 1. The molecule has 1 amide bonds. The molecule has 0 fully saturated rings. The zero-order valence-corrected chi connectivity index (χ0v) is 15.9. The molecular weight excluding hydrogens is 356 g/mol. The van der Waals surface area contributed by atoms with Gasteiger partial charge in [-0.25, -0.2) is 9.78 Å². The van der Waals surface area contributed by atoms with E-state index in [0.717, 1.165) is 0 Å². The van der Waals surface area contributed by atoms with Crippen LogP contribution < -0.4 is 4.74 Å². The topological polar surface area (TPSA) is 78.0 Å². The minimum atomic E-state index is -0.463. The van der Waals surface area contributed by atoms with E-state index in [9.17, 15) is 9.59 Å². The van der Waals surface area contributed by atoms with Gasteiger partial charge >= 0.3 is 5.97 Å².